The summed E-state index contributed by atoms with van der Waals surface area (Å²) in [5.41, 5.74) is 0.186. The van der Waals surface area contributed by atoms with Gasteiger partial charge in [-0.25, -0.2) is 4.39 Å². The standard InChI is InChI=1S/C19H22F3NO/c1-2-3-14-4-6-15(7-5-14)11-19(21,22)24-13-16-8-9-17(12-23)18(20)10-16/h2-3,8-10,14-15H,4-7,11,13H2,1H3/b3-2+. The lowest BCUT2D eigenvalue weighted by molar-refractivity contribution is -0.256. The number of alkyl halides is 2. The topological polar surface area (TPSA) is 33.0 Å². The highest BCUT2D eigenvalue weighted by Crippen LogP contribution is 2.37. The third-order valence-corrected chi connectivity index (χ3v) is 4.49. The van der Waals surface area contributed by atoms with Crippen LogP contribution >= 0.6 is 0 Å². The van der Waals surface area contributed by atoms with Gasteiger partial charge in [0.05, 0.1) is 12.2 Å². The Bertz CT molecular complexity index is 614. The molecule has 1 fully saturated rings. The van der Waals surface area contributed by atoms with Gasteiger partial charge in [0, 0.05) is 6.42 Å². The zero-order valence-electron chi connectivity index (χ0n) is 13.8. The van der Waals surface area contributed by atoms with Gasteiger partial charge in [-0.1, -0.05) is 18.2 Å². The summed E-state index contributed by atoms with van der Waals surface area (Å²) >= 11 is 0. The van der Waals surface area contributed by atoms with Gasteiger partial charge in [-0.05, 0) is 62.1 Å². The molecule has 0 aromatic heterocycles. The molecule has 0 heterocycles. The first-order chi connectivity index (χ1) is 11.4. The summed E-state index contributed by atoms with van der Waals surface area (Å²) in [5, 5.41) is 8.66. The van der Waals surface area contributed by atoms with Gasteiger partial charge >= 0.3 is 6.11 Å². The average Bonchev–Trinajstić information content (AvgIpc) is 2.55. The number of ether oxygens (including phenoxy) is 1. The van der Waals surface area contributed by atoms with Crippen LogP contribution in [0.25, 0.3) is 0 Å². The molecule has 1 saturated carbocycles. The van der Waals surface area contributed by atoms with E-state index in [2.05, 4.69) is 6.08 Å². The zero-order chi connectivity index (χ0) is 17.6. The van der Waals surface area contributed by atoms with Crippen molar-refractivity contribution in [1.82, 2.24) is 0 Å². The van der Waals surface area contributed by atoms with E-state index in [9.17, 15) is 13.2 Å². The molecule has 5 heteroatoms. The Morgan fingerprint density at radius 3 is 2.58 bits per heavy atom. The molecule has 2 rings (SSSR count). The van der Waals surface area contributed by atoms with Crippen LogP contribution in [0, 0.1) is 29.0 Å². The summed E-state index contributed by atoms with van der Waals surface area (Å²) < 4.78 is 46.2. The molecule has 0 unspecified atom stereocenters. The molecular formula is C19H22F3NO. The normalized spacial score (nSPS) is 21.8. The number of nitrogens with zero attached hydrogens (tertiary/aromatic N) is 1. The predicted octanol–water partition coefficient (Wildman–Crippen LogP) is 5.58. The molecular weight excluding hydrogens is 315 g/mol. The molecule has 0 aliphatic heterocycles. The molecule has 130 valence electrons. The minimum atomic E-state index is -3.22. The van der Waals surface area contributed by atoms with Gasteiger partial charge in [-0.15, -0.1) is 0 Å². The third-order valence-electron chi connectivity index (χ3n) is 4.49. The highest BCUT2D eigenvalue weighted by atomic mass is 19.3. The number of nitriles is 1. The lowest BCUT2D eigenvalue weighted by atomic mass is 9.80. The molecule has 0 bridgehead atoms. The van der Waals surface area contributed by atoms with Crippen LogP contribution in [0.4, 0.5) is 13.2 Å². The van der Waals surface area contributed by atoms with Gasteiger partial charge < -0.3 is 4.74 Å². The van der Waals surface area contributed by atoms with Crippen molar-refractivity contribution in [1.29, 1.82) is 5.26 Å². The molecule has 1 aromatic rings. The van der Waals surface area contributed by atoms with Gasteiger partial charge in [0.2, 0.25) is 0 Å². The molecule has 0 spiro atoms. The van der Waals surface area contributed by atoms with Crippen LogP contribution in [0.5, 0.6) is 0 Å². The third kappa shape index (κ3) is 5.38. The first-order valence-electron chi connectivity index (χ1n) is 8.26. The zero-order valence-corrected chi connectivity index (χ0v) is 13.8. The van der Waals surface area contributed by atoms with E-state index in [4.69, 9.17) is 10.00 Å². The molecule has 1 aliphatic carbocycles. The summed E-state index contributed by atoms with van der Waals surface area (Å²) in [5.74, 6) is -0.258. The molecule has 1 aliphatic rings. The van der Waals surface area contributed by atoms with Crippen molar-refractivity contribution in [2.24, 2.45) is 11.8 Å². The van der Waals surface area contributed by atoms with Crippen molar-refractivity contribution in [2.75, 3.05) is 0 Å². The lowest BCUT2D eigenvalue weighted by Crippen LogP contribution is -2.26. The van der Waals surface area contributed by atoms with E-state index in [0.717, 1.165) is 31.7 Å². The van der Waals surface area contributed by atoms with Crippen molar-refractivity contribution in [2.45, 2.75) is 51.7 Å². The van der Waals surface area contributed by atoms with Gasteiger partial charge in [-0.3, -0.25) is 0 Å². The maximum atomic E-state index is 14.0. The monoisotopic (exact) mass is 337 g/mol. The predicted molar refractivity (Wildman–Crippen MR) is 85.7 cm³/mol. The summed E-state index contributed by atoms with van der Waals surface area (Å²) in [7, 11) is 0. The molecule has 1 aromatic carbocycles. The smallest absolute Gasteiger partial charge is 0.316 e. The molecule has 0 atom stereocenters. The number of halogens is 3. The largest absolute Gasteiger partial charge is 0.356 e. The highest BCUT2D eigenvalue weighted by molar-refractivity contribution is 5.33. The summed E-state index contributed by atoms with van der Waals surface area (Å²) in [6.45, 7) is 1.60. The second kappa shape index (κ2) is 8.34. The van der Waals surface area contributed by atoms with E-state index in [-0.39, 0.29) is 24.5 Å². The second-order valence-electron chi connectivity index (χ2n) is 6.36. The number of hydrogen-bond donors (Lipinski definition) is 0. The molecule has 0 radical (unpaired) electrons. The number of hydrogen-bond acceptors (Lipinski definition) is 2. The quantitative estimate of drug-likeness (QED) is 0.635. The second-order valence-corrected chi connectivity index (χ2v) is 6.36. The Labute approximate surface area is 140 Å². The highest BCUT2D eigenvalue weighted by Gasteiger charge is 2.35. The van der Waals surface area contributed by atoms with Crippen molar-refractivity contribution in [3.8, 4) is 6.07 Å². The Kier molecular flexibility index (Phi) is 6.44. The van der Waals surface area contributed by atoms with E-state index in [1.54, 1.807) is 6.07 Å². The van der Waals surface area contributed by atoms with Crippen LogP contribution in [0.1, 0.15) is 50.2 Å². The molecule has 0 amide bonds. The Balaban J connectivity index is 1.83. The number of rotatable bonds is 6. The SMILES string of the molecule is C/C=C/C1CCC(CC(F)(F)OCc2ccc(C#N)c(F)c2)CC1. The van der Waals surface area contributed by atoms with E-state index < -0.39 is 11.9 Å². The first-order valence-corrected chi connectivity index (χ1v) is 8.26. The maximum absolute atomic E-state index is 14.0. The van der Waals surface area contributed by atoms with Crippen LogP contribution in [-0.4, -0.2) is 6.11 Å². The molecule has 2 nitrogen and oxygen atoms in total. The maximum Gasteiger partial charge on any atom is 0.356 e. The number of benzene rings is 1. The van der Waals surface area contributed by atoms with E-state index in [0.29, 0.717) is 11.5 Å². The minimum absolute atomic E-state index is 0.0424. The van der Waals surface area contributed by atoms with Crippen LogP contribution in [0.3, 0.4) is 0 Å². The van der Waals surface area contributed by atoms with Crippen molar-refractivity contribution in [3.63, 3.8) is 0 Å². The molecule has 0 N–H and O–H groups in total. The van der Waals surface area contributed by atoms with Crippen molar-refractivity contribution >= 4 is 0 Å². The van der Waals surface area contributed by atoms with Crippen LogP contribution in [-0.2, 0) is 11.3 Å². The minimum Gasteiger partial charge on any atom is -0.316 e. The van der Waals surface area contributed by atoms with E-state index in [1.807, 2.05) is 13.0 Å². The first kappa shape index (κ1) is 18.5. The fourth-order valence-corrected chi connectivity index (χ4v) is 3.18. The summed E-state index contributed by atoms with van der Waals surface area (Å²) in [4.78, 5) is 0. The van der Waals surface area contributed by atoms with Crippen molar-refractivity contribution in [3.05, 3.63) is 47.3 Å². The summed E-state index contributed by atoms with van der Waals surface area (Å²) in [6, 6.07) is 5.46. The Morgan fingerprint density at radius 2 is 2.00 bits per heavy atom. The summed E-state index contributed by atoms with van der Waals surface area (Å²) in [6.07, 6.45) is 4.07. The van der Waals surface area contributed by atoms with E-state index >= 15 is 0 Å². The van der Waals surface area contributed by atoms with Gasteiger partial charge in [0.1, 0.15) is 11.9 Å². The fourth-order valence-electron chi connectivity index (χ4n) is 3.18. The average molecular weight is 337 g/mol. The molecule has 24 heavy (non-hydrogen) atoms. The van der Waals surface area contributed by atoms with Gasteiger partial charge in [-0.2, -0.15) is 14.0 Å². The van der Waals surface area contributed by atoms with Crippen molar-refractivity contribution < 1.29 is 17.9 Å². The number of allylic oxidation sites excluding steroid dienone is 2. The van der Waals surface area contributed by atoms with Gasteiger partial charge in [0.25, 0.3) is 0 Å². The Hall–Kier alpha value is -1.80. The van der Waals surface area contributed by atoms with Crippen LogP contribution in [0.2, 0.25) is 0 Å². The fraction of sp³-hybridized carbons (Fsp3) is 0.526. The van der Waals surface area contributed by atoms with Crippen LogP contribution < -0.4 is 0 Å². The van der Waals surface area contributed by atoms with E-state index in [1.165, 1.54) is 12.1 Å². The molecule has 0 saturated heterocycles. The van der Waals surface area contributed by atoms with Gasteiger partial charge in [0.15, 0.2) is 0 Å². The lowest BCUT2D eigenvalue weighted by Gasteiger charge is -2.29. The Morgan fingerprint density at radius 1 is 1.29 bits per heavy atom. The van der Waals surface area contributed by atoms with Crippen LogP contribution in [0.15, 0.2) is 30.4 Å².